The molecule has 0 aromatic heterocycles. The molecule has 0 amide bonds. The predicted octanol–water partition coefficient (Wildman–Crippen LogP) is 5.69. The van der Waals surface area contributed by atoms with Gasteiger partial charge in [-0.2, -0.15) is 0 Å². The number of benzene rings is 3. The fourth-order valence-corrected chi connectivity index (χ4v) is 3.89. The maximum absolute atomic E-state index is 10.7. The van der Waals surface area contributed by atoms with Crippen molar-refractivity contribution >= 4 is 23.3 Å². The van der Waals surface area contributed by atoms with Crippen molar-refractivity contribution in [2.45, 2.75) is 11.8 Å². The van der Waals surface area contributed by atoms with Crippen molar-refractivity contribution in [2.75, 3.05) is 19.5 Å². The Bertz CT molecular complexity index is 1010. The second-order valence-corrected chi connectivity index (χ2v) is 7.73. The molecule has 0 saturated heterocycles. The summed E-state index contributed by atoms with van der Waals surface area (Å²) in [6, 6.07) is 24.2. The first-order valence-electron chi connectivity index (χ1n) is 9.55. The monoisotopic (exact) mass is 420 g/mol. The number of hydrogen-bond donors (Lipinski definition) is 1. The van der Waals surface area contributed by atoms with E-state index >= 15 is 0 Å². The van der Waals surface area contributed by atoms with Gasteiger partial charge in [0.25, 0.3) is 0 Å². The summed E-state index contributed by atoms with van der Waals surface area (Å²) < 4.78 is 10.6. The van der Waals surface area contributed by atoms with E-state index in [4.69, 9.17) is 14.6 Å². The van der Waals surface area contributed by atoms with E-state index in [2.05, 4.69) is 30.3 Å². The summed E-state index contributed by atoms with van der Waals surface area (Å²) in [7, 11) is 1.67. The average molecular weight is 421 g/mol. The standard InChI is InChI=1S/C25H24O4S/c1-18-16-22(12-13-24(18)29-17-25(26)27)30-15-14-23(19-6-4-3-5-7-19)20-8-10-21(28-2)11-9-20/h3-14,16H,15,17H2,1-2H3,(H,26,27)/b23-14-. The molecule has 3 aromatic carbocycles. The summed E-state index contributed by atoms with van der Waals surface area (Å²) in [5.41, 5.74) is 4.39. The van der Waals surface area contributed by atoms with Crippen LogP contribution in [0, 0.1) is 6.92 Å². The number of aryl methyl sites for hydroxylation is 1. The maximum Gasteiger partial charge on any atom is 0.341 e. The van der Waals surface area contributed by atoms with E-state index in [-0.39, 0.29) is 6.61 Å². The molecule has 0 heterocycles. The molecule has 0 fully saturated rings. The van der Waals surface area contributed by atoms with Crippen LogP contribution in [0.3, 0.4) is 0 Å². The molecule has 0 radical (unpaired) electrons. The van der Waals surface area contributed by atoms with Crippen LogP contribution in [0.25, 0.3) is 5.57 Å². The van der Waals surface area contributed by atoms with Crippen molar-refractivity contribution in [2.24, 2.45) is 0 Å². The first-order valence-corrected chi connectivity index (χ1v) is 10.5. The molecule has 0 atom stereocenters. The Hall–Kier alpha value is -3.18. The molecule has 1 N–H and O–H groups in total. The number of aliphatic carboxylic acids is 1. The van der Waals surface area contributed by atoms with E-state index in [9.17, 15) is 4.79 Å². The van der Waals surface area contributed by atoms with Gasteiger partial charge in [-0.3, -0.25) is 0 Å². The number of hydrogen-bond acceptors (Lipinski definition) is 4. The molecule has 154 valence electrons. The zero-order valence-corrected chi connectivity index (χ0v) is 17.8. The van der Waals surface area contributed by atoms with Gasteiger partial charge in [0.2, 0.25) is 0 Å². The molecule has 0 aliphatic heterocycles. The van der Waals surface area contributed by atoms with Crippen LogP contribution in [0.1, 0.15) is 16.7 Å². The van der Waals surface area contributed by atoms with Gasteiger partial charge in [-0.15, -0.1) is 11.8 Å². The van der Waals surface area contributed by atoms with Crippen molar-refractivity contribution in [1.82, 2.24) is 0 Å². The van der Waals surface area contributed by atoms with Crippen molar-refractivity contribution in [1.29, 1.82) is 0 Å². The third-order valence-electron chi connectivity index (χ3n) is 4.52. The lowest BCUT2D eigenvalue weighted by Gasteiger charge is -2.11. The van der Waals surface area contributed by atoms with Crippen molar-refractivity contribution in [3.63, 3.8) is 0 Å². The third-order valence-corrected chi connectivity index (χ3v) is 5.44. The summed E-state index contributed by atoms with van der Waals surface area (Å²) in [5.74, 6) is 1.25. The van der Waals surface area contributed by atoms with Gasteiger partial charge in [0.05, 0.1) is 7.11 Å². The van der Waals surface area contributed by atoms with Gasteiger partial charge < -0.3 is 14.6 Å². The van der Waals surface area contributed by atoms with Gasteiger partial charge in [-0.1, -0.05) is 48.5 Å². The zero-order chi connectivity index (χ0) is 21.3. The van der Waals surface area contributed by atoms with Crippen LogP contribution in [0.2, 0.25) is 0 Å². The lowest BCUT2D eigenvalue weighted by molar-refractivity contribution is -0.139. The van der Waals surface area contributed by atoms with Crippen molar-refractivity contribution < 1.29 is 19.4 Å². The van der Waals surface area contributed by atoms with Crippen LogP contribution < -0.4 is 9.47 Å². The number of thioether (sulfide) groups is 1. The van der Waals surface area contributed by atoms with Crippen LogP contribution in [0.5, 0.6) is 11.5 Å². The van der Waals surface area contributed by atoms with Crippen LogP contribution >= 0.6 is 11.8 Å². The topological polar surface area (TPSA) is 55.8 Å². The van der Waals surface area contributed by atoms with Gasteiger partial charge in [0.1, 0.15) is 11.5 Å². The first-order chi connectivity index (χ1) is 14.6. The summed E-state index contributed by atoms with van der Waals surface area (Å²) >= 11 is 1.72. The number of carboxylic acid groups (broad SMARTS) is 1. The second-order valence-electron chi connectivity index (χ2n) is 6.63. The minimum atomic E-state index is -0.982. The number of methoxy groups -OCH3 is 1. The number of carboxylic acids is 1. The SMILES string of the molecule is COc1ccc(/C(=C\CSc2ccc(OCC(=O)O)c(C)c2)c2ccccc2)cc1. The molecular formula is C25H24O4S. The fourth-order valence-electron chi connectivity index (χ4n) is 3.02. The fraction of sp³-hybridized carbons (Fsp3) is 0.160. The normalized spacial score (nSPS) is 11.2. The summed E-state index contributed by atoms with van der Waals surface area (Å²) in [4.78, 5) is 11.8. The number of ether oxygens (including phenoxy) is 2. The molecule has 0 unspecified atom stereocenters. The Labute approximate surface area is 181 Å². The molecule has 0 saturated carbocycles. The predicted molar refractivity (Wildman–Crippen MR) is 122 cm³/mol. The van der Waals surface area contributed by atoms with E-state index in [1.54, 1.807) is 18.9 Å². The van der Waals surface area contributed by atoms with E-state index in [1.165, 1.54) is 5.57 Å². The Morgan fingerprint density at radius 2 is 1.70 bits per heavy atom. The van der Waals surface area contributed by atoms with Crippen molar-refractivity contribution in [3.05, 3.63) is 95.6 Å². The van der Waals surface area contributed by atoms with Gasteiger partial charge >= 0.3 is 5.97 Å². The Kier molecular flexibility index (Phi) is 7.57. The molecule has 3 rings (SSSR count). The lowest BCUT2D eigenvalue weighted by Crippen LogP contribution is -2.09. The highest BCUT2D eigenvalue weighted by molar-refractivity contribution is 7.99. The molecule has 0 aliphatic rings. The summed E-state index contributed by atoms with van der Waals surface area (Å²) in [6.45, 7) is 1.59. The van der Waals surface area contributed by atoms with Crippen LogP contribution in [-0.2, 0) is 4.79 Å². The maximum atomic E-state index is 10.7. The van der Waals surface area contributed by atoms with Gasteiger partial charge in [-0.05, 0) is 59.5 Å². The number of carbonyl (C=O) groups is 1. The Morgan fingerprint density at radius 3 is 2.33 bits per heavy atom. The van der Waals surface area contributed by atoms with Gasteiger partial charge in [-0.25, -0.2) is 4.79 Å². The number of rotatable bonds is 9. The average Bonchev–Trinajstić information content (AvgIpc) is 2.77. The minimum absolute atomic E-state index is 0.335. The molecule has 0 aliphatic carbocycles. The lowest BCUT2D eigenvalue weighted by atomic mass is 9.98. The van der Waals surface area contributed by atoms with E-state index < -0.39 is 5.97 Å². The van der Waals surface area contributed by atoms with Crippen LogP contribution in [0.4, 0.5) is 0 Å². The molecule has 30 heavy (non-hydrogen) atoms. The molecule has 3 aromatic rings. The summed E-state index contributed by atoms with van der Waals surface area (Å²) in [6.07, 6.45) is 2.23. The second kappa shape index (κ2) is 10.6. The summed E-state index contributed by atoms with van der Waals surface area (Å²) in [5, 5.41) is 8.76. The van der Waals surface area contributed by atoms with Crippen molar-refractivity contribution in [3.8, 4) is 11.5 Å². The zero-order valence-electron chi connectivity index (χ0n) is 17.0. The molecule has 5 heteroatoms. The first kappa shape index (κ1) is 21.5. The Balaban J connectivity index is 1.76. The third kappa shape index (κ3) is 5.91. The minimum Gasteiger partial charge on any atom is -0.497 e. The van der Waals surface area contributed by atoms with E-state index in [0.29, 0.717) is 5.75 Å². The van der Waals surface area contributed by atoms with E-state index in [0.717, 1.165) is 33.1 Å². The highest BCUT2D eigenvalue weighted by Crippen LogP contribution is 2.29. The molecule has 0 bridgehead atoms. The van der Waals surface area contributed by atoms with Gasteiger partial charge in [0.15, 0.2) is 6.61 Å². The molecule has 4 nitrogen and oxygen atoms in total. The van der Waals surface area contributed by atoms with Gasteiger partial charge in [0, 0.05) is 10.6 Å². The van der Waals surface area contributed by atoms with E-state index in [1.807, 2.05) is 55.5 Å². The van der Waals surface area contributed by atoms with Crippen LogP contribution in [0.15, 0.2) is 83.8 Å². The highest BCUT2D eigenvalue weighted by Gasteiger charge is 2.07. The highest BCUT2D eigenvalue weighted by atomic mass is 32.2. The van der Waals surface area contributed by atoms with Crippen LogP contribution in [-0.4, -0.2) is 30.5 Å². The largest absolute Gasteiger partial charge is 0.497 e. The smallest absolute Gasteiger partial charge is 0.341 e. The molecule has 0 spiro atoms. The molecular weight excluding hydrogens is 396 g/mol. The Morgan fingerprint density at radius 1 is 1.00 bits per heavy atom. The quantitative estimate of drug-likeness (QED) is 0.451.